The lowest BCUT2D eigenvalue weighted by molar-refractivity contribution is -0.138. The molecule has 2 aliphatic heterocycles. The SMILES string of the molecule is O=C([C@H]1COc2ccccc2C1)N1CCN(Cc2nc3ccccc3c(=O)[nH]2)CC1. The second kappa shape index (κ2) is 7.91. The van der Waals surface area contributed by atoms with Crippen LogP contribution in [0, 0.1) is 5.92 Å². The Balaban J connectivity index is 1.20. The van der Waals surface area contributed by atoms with Crippen molar-refractivity contribution in [2.24, 2.45) is 5.92 Å². The van der Waals surface area contributed by atoms with Crippen LogP contribution < -0.4 is 10.3 Å². The van der Waals surface area contributed by atoms with Crippen molar-refractivity contribution in [1.82, 2.24) is 19.8 Å². The van der Waals surface area contributed by atoms with E-state index in [1.165, 1.54) is 0 Å². The zero-order chi connectivity index (χ0) is 20.5. The molecule has 7 heteroatoms. The first-order valence-electron chi connectivity index (χ1n) is 10.4. The summed E-state index contributed by atoms with van der Waals surface area (Å²) in [5, 5.41) is 0.605. The topological polar surface area (TPSA) is 78.5 Å². The molecule has 1 amide bonds. The number of nitrogens with one attached hydrogen (secondary N) is 1. The number of para-hydroxylation sites is 2. The molecule has 154 valence electrons. The molecule has 3 aromatic rings. The van der Waals surface area contributed by atoms with Gasteiger partial charge in [-0.3, -0.25) is 14.5 Å². The van der Waals surface area contributed by atoms with E-state index in [9.17, 15) is 9.59 Å². The van der Waals surface area contributed by atoms with Gasteiger partial charge in [-0.1, -0.05) is 30.3 Å². The molecule has 1 N–H and O–H groups in total. The zero-order valence-electron chi connectivity index (χ0n) is 16.7. The molecule has 1 aromatic heterocycles. The first kappa shape index (κ1) is 18.8. The summed E-state index contributed by atoms with van der Waals surface area (Å²) in [7, 11) is 0. The smallest absolute Gasteiger partial charge is 0.258 e. The highest BCUT2D eigenvalue weighted by molar-refractivity contribution is 5.80. The fraction of sp³-hybridized carbons (Fsp3) is 0.348. The summed E-state index contributed by atoms with van der Waals surface area (Å²) in [6.07, 6.45) is 0.734. The van der Waals surface area contributed by atoms with Gasteiger partial charge >= 0.3 is 0 Å². The molecule has 0 unspecified atom stereocenters. The Labute approximate surface area is 174 Å². The van der Waals surface area contributed by atoms with Crippen molar-refractivity contribution < 1.29 is 9.53 Å². The van der Waals surface area contributed by atoms with E-state index in [-0.39, 0.29) is 17.4 Å². The Morgan fingerprint density at radius 1 is 1.07 bits per heavy atom. The zero-order valence-corrected chi connectivity index (χ0v) is 16.7. The molecule has 1 saturated heterocycles. The van der Waals surface area contributed by atoms with Crippen LogP contribution in [-0.4, -0.2) is 58.5 Å². The van der Waals surface area contributed by atoms with Gasteiger partial charge in [-0.2, -0.15) is 0 Å². The van der Waals surface area contributed by atoms with E-state index in [2.05, 4.69) is 14.9 Å². The van der Waals surface area contributed by atoms with Crippen molar-refractivity contribution >= 4 is 16.8 Å². The number of carbonyl (C=O) groups is 1. The summed E-state index contributed by atoms with van der Waals surface area (Å²) in [6, 6.07) is 15.3. The van der Waals surface area contributed by atoms with E-state index in [4.69, 9.17) is 4.74 Å². The minimum Gasteiger partial charge on any atom is -0.492 e. The second-order valence-electron chi connectivity index (χ2n) is 7.95. The standard InChI is InChI=1S/C23H24N4O3/c28-22-18-6-2-3-7-19(18)24-21(25-22)14-26-9-11-27(12-10-26)23(29)17-13-16-5-1-4-8-20(16)30-15-17/h1-8,17H,9-15H2,(H,24,25,28)/t17-/m1/s1. The van der Waals surface area contributed by atoms with Crippen molar-refractivity contribution in [3.63, 3.8) is 0 Å². The Morgan fingerprint density at radius 2 is 1.83 bits per heavy atom. The summed E-state index contributed by atoms with van der Waals surface area (Å²) in [4.78, 5) is 36.9. The molecule has 2 aliphatic rings. The lowest BCUT2D eigenvalue weighted by Crippen LogP contribution is -2.51. The molecule has 7 nitrogen and oxygen atoms in total. The number of fused-ring (bicyclic) bond motifs is 2. The molecular formula is C23H24N4O3. The molecule has 0 bridgehead atoms. The Kier molecular flexibility index (Phi) is 4.96. The number of carbonyl (C=O) groups excluding carboxylic acids is 1. The van der Waals surface area contributed by atoms with E-state index >= 15 is 0 Å². The fourth-order valence-electron chi connectivity index (χ4n) is 4.29. The van der Waals surface area contributed by atoms with E-state index in [1.54, 1.807) is 6.07 Å². The minimum absolute atomic E-state index is 0.109. The molecule has 0 aliphatic carbocycles. The third-order valence-corrected chi connectivity index (χ3v) is 5.95. The van der Waals surface area contributed by atoms with Gasteiger partial charge in [0.1, 0.15) is 18.2 Å². The summed E-state index contributed by atoms with van der Waals surface area (Å²) >= 11 is 0. The highest BCUT2D eigenvalue weighted by Crippen LogP contribution is 2.28. The van der Waals surface area contributed by atoms with Gasteiger partial charge in [0.05, 0.1) is 23.4 Å². The maximum Gasteiger partial charge on any atom is 0.258 e. The van der Waals surface area contributed by atoms with Crippen LogP contribution in [0.25, 0.3) is 10.9 Å². The van der Waals surface area contributed by atoms with Gasteiger partial charge in [-0.15, -0.1) is 0 Å². The maximum atomic E-state index is 13.0. The van der Waals surface area contributed by atoms with Crippen molar-refractivity contribution in [2.75, 3.05) is 32.8 Å². The van der Waals surface area contributed by atoms with Gasteiger partial charge in [0.25, 0.3) is 5.56 Å². The number of rotatable bonds is 3. The summed E-state index contributed by atoms with van der Waals surface area (Å²) < 4.78 is 5.79. The average Bonchev–Trinajstić information content (AvgIpc) is 2.79. The number of benzene rings is 2. The molecule has 0 radical (unpaired) electrons. The van der Waals surface area contributed by atoms with Crippen LogP contribution >= 0.6 is 0 Å². The van der Waals surface area contributed by atoms with E-state index in [1.807, 2.05) is 47.4 Å². The number of ether oxygens (including phenoxy) is 1. The predicted octanol–water partition coefficient (Wildman–Crippen LogP) is 1.82. The van der Waals surface area contributed by atoms with E-state index < -0.39 is 0 Å². The first-order valence-corrected chi connectivity index (χ1v) is 10.4. The summed E-state index contributed by atoms with van der Waals surface area (Å²) in [5.41, 5.74) is 1.71. The highest BCUT2D eigenvalue weighted by atomic mass is 16.5. The van der Waals surface area contributed by atoms with Gasteiger partial charge in [-0.25, -0.2) is 4.98 Å². The minimum atomic E-state index is -0.120. The van der Waals surface area contributed by atoms with Gasteiger partial charge in [0.2, 0.25) is 5.91 Å². The van der Waals surface area contributed by atoms with Crippen LogP contribution in [-0.2, 0) is 17.8 Å². The molecule has 2 aromatic carbocycles. The van der Waals surface area contributed by atoms with Gasteiger partial charge in [-0.05, 0) is 30.2 Å². The lowest BCUT2D eigenvalue weighted by atomic mass is 9.95. The molecule has 1 atom stereocenters. The predicted molar refractivity (Wildman–Crippen MR) is 113 cm³/mol. The van der Waals surface area contributed by atoms with Crippen LogP contribution in [0.2, 0.25) is 0 Å². The van der Waals surface area contributed by atoms with Crippen LogP contribution in [0.1, 0.15) is 11.4 Å². The molecule has 3 heterocycles. The van der Waals surface area contributed by atoms with Crippen LogP contribution in [0.5, 0.6) is 5.75 Å². The Bertz CT molecular complexity index is 1130. The summed E-state index contributed by atoms with van der Waals surface area (Å²) in [5.74, 6) is 1.60. The lowest BCUT2D eigenvalue weighted by Gasteiger charge is -2.37. The first-order chi connectivity index (χ1) is 14.7. The van der Waals surface area contributed by atoms with Crippen molar-refractivity contribution in [2.45, 2.75) is 13.0 Å². The number of H-pyrrole nitrogens is 1. The van der Waals surface area contributed by atoms with E-state index in [0.717, 1.165) is 30.8 Å². The number of hydrogen-bond acceptors (Lipinski definition) is 5. The van der Waals surface area contributed by atoms with Crippen molar-refractivity contribution in [1.29, 1.82) is 0 Å². The van der Waals surface area contributed by atoms with E-state index in [0.29, 0.717) is 43.0 Å². The monoisotopic (exact) mass is 404 g/mol. The molecule has 30 heavy (non-hydrogen) atoms. The van der Waals surface area contributed by atoms with Crippen LogP contribution in [0.15, 0.2) is 53.3 Å². The normalized spacial score (nSPS) is 19.3. The summed E-state index contributed by atoms with van der Waals surface area (Å²) in [6.45, 7) is 3.88. The van der Waals surface area contributed by atoms with Gasteiger partial charge in [0, 0.05) is 26.2 Å². The quantitative estimate of drug-likeness (QED) is 0.721. The third-order valence-electron chi connectivity index (χ3n) is 5.95. The second-order valence-corrected chi connectivity index (χ2v) is 7.95. The molecule has 1 fully saturated rings. The molecule has 5 rings (SSSR count). The van der Waals surface area contributed by atoms with Crippen LogP contribution in [0.3, 0.4) is 0 Å². The maximum absolute atomic E-state index is 13.0. The Morgan fingerprint density at radius 3 is 2.70 bits per heavy atom. The molecule has 0 spiro atoms. The van der Waals surface area contributed by atoms with Crippen molar-refractivity contribution in [3.05, 3.63) is 70.3 Å². The fourth-order valence-corrected chi connectivity index (χ4v) is 4.29. The van der Waals surface area contributed by atoms with Gasteiger partial charge in [0.15, 0.2) is 0 Å². The average molecular weight is 404 g/mol. The number of piperazine rings is 1. The highest BCUT2D eigenvalue weighted by Gasteiger charge is 2.31. The van der Waals surface area contributed by atoms with Crippen molar-refractivity contribution in [3.8, 4) is 5.75 Å². The Hall–Kier alpha value is -3.19. The number of aromatic amines is 1. The largest absolute Gasteiger partial charge is 0.492 e. The third kappa shape index (κ3) is 3.68. The number of aromatic nitrogens is 2. The number of hydrogen-bond donors (Lipinski definition) is 1. The number of nitrogens with zero attached hydrogens (tertiary/aromatic N) is 3. The van der Waals surface area contributed by atoms with Gasteiger partial charge < -0.3 is 14.6 Å². The number of amides is 1. The van der Waals surface area contributed by atoms with Crippen LogP contribution in [0.4, 0.5) is 0 Å². The molecular weight excluding hydrogens is 380 g/mol. The molecule has 0 saturated carbocycles.